The first-order valence-corrected chi connectivity index (χ1v) is 7.52. The van der Waals surface area contributed by atoms with E-state index < -0.39 is 5.82 Å². The third-order valence-corrected chi connectivity index (χ3v) is 4.11. The Kier molecular flexibility index (Phi) is 5.78. The van der Waals surface area contributed by atoms with E-state index >= 15 is 0 Å². The number of ether oxygens (including phenoxy) is 1. The second-order valence-electron chi connectivity index (χ2n) is 5.29. The Hall–Kier alpha value is -0.680. The number of morpholine rings is 1. The second kappa shape index (κ2) is 7.36. The predicted octanol–water partition coefficient (Wildman–Crippen LogP) is 2.46. The van der Waals surface area contributed by atoms with Gasteiger partial charge < -0.3 is 10.5 Å². The van der Waals surface area contributed by atoms with Crippen molar-refractivity contribution in [3.05, 3.63) is 34.6 Å². The van der Waals surface area contributed by atoms with Gasteiger partial charge in [0.2, 0.25) is 0 Å². The van der Waals surface area contributed by atoms with E-state index in [2.05, 4.69) is 11.8 Å². The van der Waals surface area contributed by atoms with Crippen LogP contribution in [0.15, 0.2) is 18.2 Å². The summed E-state index contributed by atoms with van der Waals surface area (Å²) < 4.78 is 19.2. The Bertz CT molecular complexity index is 442. The summed E-state index contributed by atoms with van der Waals surface area (Å²) in [5.74, 6) is -0.395. The van der Waals surface area contributed by atoms with Gasteiger partial charge in [0.15, 0.2) is 0 Å². The van der Waals surface area contributed by atoms with Crippen molar-refractivity contribution < 1.29 is 9.13 Å². The molecule has 1 aliphatic rings. The molecular weight excluding hydrogens is 279 g/mol. The molecule has 1 aliphatic heterocycles. The fourth-order valence-electron chi connectivity index (χ4n) is 2.60. The number of nitrogens with two attached hydrogens (primary N) is 1. The maximum atomic E-state index is 13.4. The highest BCUT2D eigenvalue weighted by atomic mass is 35.5. The predicted molar refractivity (Wildman–Crippen MR) is 79.6 cm³/mol. The molecule has 1 aromatic carbocycles. The molecule has 112 valence electrons. The van der Waals surface area contributed by atoms with Gasteiger partial charge in [0.25, 0.3) is 0 Å². The van der Waals surface area contributed by atoms with E-state index in [1.807, 2.05) is 6.07 Å². The third kappa shape index (κ3) is 3.92. The zero-order chi connectivity index (χ0) is 14.5. The Morgan fingerprint density at radius 2 is 2.35 bits per heavy atom. The number of halogens is 2. The van der Waals surface area contributed by atoms with Crippen LogP contribution in [0.3, 0.4) is 0 Å². The first-order valence-electron chi connectivity index (χ1n) is 7.14. The highest BCUT2D eigenvalue weighted by Gasteiger charge is 2.26. The maximum absolute atomic E-state index is 13.4. The minimum Gasteiger partial charge on any atom is -0.374 e. The molecule has 0 radical (unpaired) electrons. The molecule has 1 aromatic rings. The highest BCUT2D eigenvalue weighted by Crippen LogP contribution is 2.22. The summed E-state index contributed by atoms with van der Waals surface area (Å²) in [6.07, 6.45) is 1.63. The monoisotopic (exact) mass is 300 g/mol. The lowest BCUT2D eigenvalue weighted by Gasteiger charge is -2.35. The molecule has 0 aromatic heterocycles. The topological polar surface area (TPSA) is 38.5 Å². The van der Waals surface area contributed by atoms with Crippen LogP contribution >= 0.6 is 11.6 Å². The number of rotatable bonds is 5. The van der Waals surface area contributed by atoms with Crippen LogP contribution in [-0.4, -0.2) is 43.3 Å². The van der Waals surface area contributed by atoms with Gasteiger partial charge in [-0.1, -0.05) is 30.7 Å². The fraction of sp³-hybridized carbons (Fsp3) is 0.600. The average molecular weight is 301 g/mol. The van der Waals surface area contributed by atoms with Gasteiger partial charge in [-0.05, 0) is 31.0 Å². The van der Waals surface area contributed by atoms with Gasteiger partial charge in [0.1, 0.15) is 5.82 Å². The summed E-state index contributed by atoms with van der Waals surface area (Å²) in [6.45, 7) is 5.72. The minimum absolute atomic E-state index is 0.0189. The van der Waals surface area contributed by atoms with Gasteiger partial charge in [-0.2, -0.15) is 0 Å². The van der Waals surface area contributed by atoms with Crippen molar-refractivity contribution in [2.45, 2.75) is 31.9 Å². The summed E-state index contributed by atoms with van der Waals surface area (Å²) >= 11 is 5.97. The van der Waals surface area contributed by atoms with Crippen LogP contribution < -0.4 is 5.73 Å². The van der Waals surface area contributed by atoms with E-state index in [0.29, 0.717) is 13.0 Å². The summed E-state index contributed by atoms with van der Waals surface area (Å²) in [7, 11) is 0. The Morgan fingerprint density at radius 1 is 1.55 bits per heavy atom. The Labute approximate surface area is 124 Å². The standard InChI is InChI=1S/C15H22ClFN2O/c1-2-6-19-7-8-20-14(10-19)13(18)9-11-4-3-5-12(17)15(11)16/h3-5,13-14H,2,6-10,18H2,1H3. The van der Waals surface area contributed by atoms with Gasteiger partial charge in [-0.15, -0.1) is 0 Å². The van der Waals surface area contributed by atoms with Crippen molar-refractivity contribution in [3.63, 3.8) is 0 Å². The normalized spacial score (nSPS) is 21.9. The molecule has 0 saturated carbocycles. The summed E-state index contributed by atoms with van der Waals surface area (Å²) in [6, 6.07) is 4.66. The van der Waals surface area contributed by atoms with Crippen molar-refractivity contribution in [2.24, 2.45) is 5.73 Å². The zero-order valence-electron chi connectivity index (χ0n) is 11.8. The third-order valence-electron chi connectivity index (χ3n) is 3.68. The van der Waals surface area contributed by atoms with Crippen LogP contribution in [0.5, 0.6) is 0 Å². The van der Waals surface area contributed by atoms with Crippen molar-refractivity contribution in [3.8, 4) is 0 Å². The number of benzene rings is 1. The molecule has 1 saturated heterocycles. The van der Waals surface area contributed by atoms with E-state index in [-0.39, 0.29) is 17.2 Å². The molecule has 2 rings (SSSR count). The van der Waals surface area contributed by atoms with Crippen LogP contribution in [-0.2, 0) is 11.2 Å². The van der Waals surface area contributed by atoms with Crippen molar-refractivity contribution in [2.75, 3.05) is 26.2 Å². The molecule has 5 heteroatoms. The van der Waals surface area contributed by atoms with Crippen LogP contribution in [0.4, 0.5) is 4.39 Å². The minimum atomic E-state index is -0.395. The largest absolute Gasteiger partial charge is 0.374 e. The molecule has 0 spiro atoms. The van der Waals surface area contributed by atoms with Gasteiger partial charge in [-0.25, -0.2) is 4.39 Å². The lowest BCUT2D eigenvalue weighted by atomic mass is 10.0. The van der Waals surface area contributed by atoms with E-state index in [1.54, 1.807) is 6.07 Å². The average Bonchev–Trinajstić information content (AvgIpc) is 2.44. The summed E-state index contributed by atoms with van der Waals surface area (Å²) in [5, 5.41) is 0.171. The van der Waals surface area contributed by atoms with Crippen LogP contribution in [0.1, 0.15) is 18.9 Å². The molecule has 2 unspecified atom stereocenters. The van der Waals surface area contributed by atoms with E-state index in [1.165, 1.54) is 6.07 Å². The van der Waals surface area contributed by atoms with E-state index in [4.69, 9.17) is 22.1 Å². The highest BCUT2D eigenvalue weighted by molar-refractivity contribution is 6.31. The molecular formula is C15H22ClFN2O. The zero-order valence-corrected chi connectivity index (χ0v) is 12.6. The van der Waals surface area contributed by atoms with Crippen LogP contribution in [0.2, 0.25) is 5.02 Å². The van der Waals surface area contributed by atoms with Gasteiger partial charge in [-0.3, -0.25) is 4.90 Å². The molecule has 3 nitrogen and oxygen atoms in total. The van der Waals surface area contributed by atoms with E-state index in [9.17, 15) is 4.39 Å². The lowest BCUT2D eigenvalue weighted by molar-refractivity contribution is -0.0400. The Morgan fingerprint density at radius 3 is 3.10 bits per heavy atom. The van der Waals surface area contributed by atoms with Crippen molar-refractivity contribution in [1.82, 2.24) is 4.90 Å². The number of nitrogens with zero attached hydrogens (tertiary/aromatic N) is 1. The fourth-order valence-corrected chi connectivity index (χ4v) is 2.80. The molecule has 0 amide bonds. The number of hydrogen-bond donors (Lipinski definition) is 1. The Balaban J connectivity index is 1.97. The van der Waals surface area contributed by atoms with E-state index in [0.717, 1.165) is 31.6 Å². The first-order chi connectivity index (χ1) is 9.61. The van der Waals surface area contributed by atoms with Crippen molar-refractivity contribution in [1.29, 1.82) is 0 Å². The van der Waals surface area contributed by atoms with Gasteiger partial charge in [0, 0.05) is 19.1 Å². The van der Waals surface area contributed by atoms with Gasteiger partial charge >= 0.3 is 0 Å². The molecule has 2 atom stereocenters. The smallest absolute Gasteiger partial charge is 0.142 e. The second-order valence-corrected chi connectivity index (χ2v) is 5.67. The molecule has 20 heavy (non-hydrogen) atoms. The quantitative estimate of drug-likeness (QED) is 0.908. The van der Waals surface area contributed by atoms with Crippen LogP contribution in [0, 0.1) is 5.82 Å². The first kappa shape index (κ1) is 15.7. The summed E-state index contributed by atoms with van der Waals surface area (Å²) in [5.41, 5.74) is 6.97. The maximum Gasteiger partial charge on any atom is 0.142 e. The lowest BCUT2D eigenvalue weighted by Crippen LogP contribution is -2.51. The molecule has 2 N–H and O–H groups in total. The van der Waals surface area contributed by atoms with Crippen molar-refractivity contribution >= 4 is 11.6 Å². The molecule has 1 fully saturated rings. The molecule has 0 bridgehead atoms. The SMILES string of the molecule is CCCN1CCOC(C(N)Cc2cccc(F)c2Cl)C1. The summed E-state index contributed by atoms with van der Waals surface area (Å²) in [4.78, 5) is 2.36. The number of hydrogen-bond acceptors (Lipinski definition) is 3. The molecule has 0 aliphatic carbocycles. The van der Waals surface area contributed by atoms with Crippen LogP contribution in [0.25, 0.3) is 0 Å². The molecule has 1 heterocycles. The van der Waals surface area contributed by atoms with Gasteiger partial charge in [0.05, 0.1) is 17.7 Å².